The molecule has 4 aromatic heterocycles. The van der Waals surface area contributed by atoms with Gasteiger partial charge in [-0.1, -0.05) is 158 Å². The van der Waals surface area contributed by atoms with E-state index in [9.17, 15) is 0 Å². The fourth-order valence-corrected chi connectivity index (χ4v) is 8.00. The summed E-state index contributed by atoms with van der Waals surface area (Å²) in [6.07, 6.45) is 3.64. The number of benzene rings is 7. The summed E-state index contributed by atoms with van der Waals surface area (Å²) in [5.41, 5.74) is 14.6. The first-order chi connectivity index (χ1) is 30.2. The number of hydrogen-bond acceptors (Lipinski definition) is 6. The lowest BCUT2D eigenvalue weighted by Gasteiger charge is -2.11. The second-order valence-electron chi connectivity index (χ2n) is 14.9. The maximum absolute atomic E-state index is 6.88. The van der Waals surface area contributed by atoms with Crippen LogP contribution in [0.5, 0.6) is 0 Å². The molecule has 0 N–H and O–H groups in total. The average Bonchev–Trinajstić information content (AvgIpc) is 3.74. The largest absolute Gasteiger partial charge is 0.455 e. The minimum absolute atomic E-state index is 0.565. The smallest absolute Gasteiger partial charge is 0.164 e. The topological polar surface area (TPSA) is 77.6 Å². The van der Waals surface area contributed by atoms with Crippen LogP contribution in [0.15, 0.2) is 217 Å². The first-order valence-electron chi connectivity index (χ1n) is 20.2. The van der Waals surface area contributed by atoms with Gasteiger partial charge in [0.25, 0.3) is 0 Å². The van der Waals surface area contributed by atoms with Gasteiger partial charge in [0.1, 0.15) is 11.2 Å². The molecular formula is C55H35N5O. The van der Waals surface area contributed by atoms with E-state index in [0.717, 1.165) is 94.5 Å². The number of aromatic nitrogens is 5. The summed E-state index contributed by atoms with van der Waals surface area (Å²) < 4.78 is 6.88. The predicted molar refractivity (Wildman–Crippen MR) is 246 cm³/mol. The van der Waals surface area contributed by atoms with E-state index in [1.54, 1.807) is 0 Å². The highest BCUT2D eigenvalue weighted by molar-refractivity contribution is 6.16. The Morgan fingerprint density at radius 3 is 1.38 bits per heavy atom. The van der Waals surface area contributed by atoms with Crippen LogP contribution >= 0.6 is 0 Å². The van der Waals surface area contributed by atoms with Crippen LogP contribution in [0.4, 0.5) is 0 Å². The van der Waals surface area contributed by atoms with E-state index in [0.29, 0.717) is 17.5 Å². The van der Waals surface area contributed by atoms with Crippen LogP contribution in [0.3, 0.4) is 0 Å². The van der Waals surface area contributed by atoms with Gasteiger partial charge in [-0.05, 0) is 70.3 Å². The molecule has 0 aliphatic rings. The summed E-state index contributed by atoms with van der Waals surface area (Å²) >= 11 is 0. The number of pyridine rings is 2. The minimum atomic E-state index is 0.565. The molecule has 0 aliphatic heterocycles. The van der Waals surface area contributed by atoms with Gasteiger partial charge in [0.05, 0.1) is 11.4 Å². The molecule has 0 spiro atoms. The number of fused-ring (bicyclic) bond motifs is 3. The van der Waals surface area contributed by atoms with Crippen molar-refractivity contribution in [2.24, 2.45) is 0 Å². The molecule has 61 heavy (non-hydrogen) atoms. The van der Waals surface area contributed by atoms with Crippen molar-refractivity contribution in [1.82, 2.24) is 24.9 Å². The molecule has 0 atom stereocenters. The van der Waals surface area contributed by atoms with Crippen molar-refractivity contribution < 1.29 is 4.42 Å². The van der Waals surface area contributed by atoms with Crippen molar-refractivity contribution in [3.63, 3.8) is 0 Å². The fourth-order valence-electron chi connectivity index (χ4n) is 8.00. The SMILES string of the molecule is c1ccc(-c2ccc(-c3nc(-c4ccccc4)nc(-c4cccc5oc6c(-c7ccc(-c8ccccn8)cc7)cc(-c7ccc(-c8ccccn8)cc7)cc6c45)n3)cc2)cc1. The van der Waals surface area contributed by atoms with Crippen molar-refractivity contribution >= 4 is 21.9 Å². The van der Waals surface area contributed by atoms with Gasteiger partial charge in [-0.2, -0.15) is 0 Å². The highest BCUT2D eigenvalue weighted by atomic mass is 16.3. The molecule has 0 saturated heterocycles. The van der Waals surface area contributed by atoms with Gasteiger partial charge in [0.15, 0.2) is 17.5 Å². The lowest BCUT2D eigenvalue weighted by Crippen LogP contribution is -2.00. The van der Waals surface area contributed by atoms with Crippen LogP contribution in [0.1, 0.15) is 0 Å². The predicted octanol–water partition coefficient (Wildman–Crippen LogP) is 13.9. The van der Waals surface area contributed by atoms with E-state index < -0.39 is 0 Å². The molecule has 0 unspecified atom stereocenters. The highest BCUT2D eigenvalue weighted by Gasteiger charge is 2.21. The Bertz CT molecular complexity index is 3300. The maximum Gasteiger partial charge on any atom is 0.164 e. The van der Waals surface area contributed by atoms with E-state index in [-0.39, 0.29) is 0 Å². The van der Waals surface area contributed by atoms with Gasteiger partial charge < -0.3 is 4.42 Å². The number of nitrogens with zero attached hydrogens (tertiary/aromatic N) is 5. The number of rotatable bonds is 8. The summed E-state index contributed by atoms with van der Waals surface area (Å²) in [6, 6.07) is 68.5. The summed E-state index contributed by atoms with van der Waals surface area (Å²) in [4.78, 5) is 24.6. The Kier molecular flexibility index (Phi) is 9.06. The number of furan rings is 1. The van der Waals surface area contributed by atoms with Crippen molar-refractivity contribution in [2.75, 3.05) is 0 Å². The van der Waals surface area contributed by atoms with Crippen molar-refractivity contribution in [2.45, 2.75) is 0 Å². The second-order valence-corrected chi connectivity index (χ2v) is 14.9. The first-order valence-corrected chi connectivity index (χ1v) is 20.2. The minimum Gasteiger partial charge on any atom is -0.455 e. The average molecular weight is 782 g/mol. The lowest BCUT2D eigenvalue weighted by molar-refractivity contribution is 0.670. The maximum atomic E-state index is 6.88. The second kappa shape index (κ2) is 15.4. The Morgan fingerprint density at radius 2 is 0.787 bits per heavy atom. The molecule has 0 saturated carbocycles. The van der Waals surface area contributed by atoms with E-state index in [2.05, 4.69) is 125 Å². The first kappa shape index (κ1) is 35.8. The highest BCUT2D eigenvalue weighted by Crippen LogP contribution is 2.43. The molecule has 11 rings (SSSR count). The van der Waals surface area contributed by atoms with Crippen LogP contribution in [-0.2, 0) is 0 Å². The molecule has 11 aromatic rings. The quantitative estimate of drug-likeness (QED) is 0.153. The van der Waals surface area contributed by atoms with E-state index in [4.69, 9.17) is 19.4 Å². The molecule has 0 fully saturated rings. The number of hydrogen-bond donors (Lipinski definition) is 0. The molecule has 0 amide bonds. The van der Waals surface area contributed by atoms with Gasteiger partial charge in [-0.3, -0.25) is 9.97 Å². The molecule has 4 heterocycles. The van der Waals surface area contributed by atoms with Gasteiger partial charge >= 0.3 is 0 Å². The van der Waals surface area contributed by atoms with Gasteiger partial charge in [0.2, 0.25) is 0 Å². The Labute approximate surface area is 352 Å². The van der Waals surface area contributed by atoms with Gasteiger partial charge in [-0.15, -0.1) is 0 Å². The molecule has 0 bridgehead atoms. The molecule has 6 heteroatoms. The summed E-state index contributed by atoms with van der Waals surface area (Å²) in [5, 5.41) is 1.91. The van der Waals surface area contributed by atoms with Gasteiger partial charge in [0, 0.05) is 56.5 Å². The third-order valence-electron chi connectivity index (χ3n) is 11.1. The molecule has 0 aliphatic carbocycles. The van der Waals surface area contributed by atoms with Crippen molar-refractivity contribution in [3.8, 4) is 90.1 Å². The van der Waals surface area contributed by atoms with E-state index >= 15 is 0 Å². The lowest BCUT2D eigenvalue weighted by atomic mass is 9.93. The van der Waals surface area contributed by atoms with E-state index in [1.165, 1.54) is 0 Å². The molecule has 7 aromatic carbocycles. The van der Waals surface area contributed by atoms with E-state index in [1.807, 2.05) is 97.3 Å². The standard InChI is InChI=1S/C55H35N5O/c1-3-12-36(13-4-1)37-22-30-43(31-23-37)54-58-53(42-14-5-2-6-15-42)59-55(60-54)45-16-11-19-50-51(45)47-35-44(38-20-26-40(27-21-38)48-17-7-9-32-56-48)34-46(52(47)61-50)39-24-28-41(29-25-39)49-18-8-10-33-57-49/h1-35H. The van der Waals surface area contributed by atoms with Crippen LogP contribution in [0.25, 0.3) is 112 Å². The van der Waals surface area contributed by atoms with Crippen molar-refractivity contribution in [1.29, 1.82) is 0 Å². The zero-order chi connectivity index (χ0) is 40.5. The summed E-state index contributed by atoms with van der Waals surface area (Å²) in [6.45, 7) is 0. The fraction of sp³-hybridized carbons (Fsp3) is 0. The molecular weight excluding hydrogens is 747 g/mol. The Balaban J connectivity index is 1.10. The Morgan fingerprint density at radius 1 is 0.311 bits per heavy atom. The van der Waals surface area contributed by atoms with Crippen LogP contribution in [0, 0.1) is 0 Å². The van der Waals surface area contributed by atoms with Crippen LogP contribution in [-0.4, -0.2) is 24.9 Å². The zero-order valence-electron chi connectivity index (χ0n) is 32.9. The molecule has 0 radical (unpaired) electrons. The zero-order valence-corrected chi connectivity index (χ0v) is 32.9. The third kappa shape index (κ3) is 6.92. The van der Waals surface area contributed by atoms with Crippen LogP contribution < -0.4 is 0 Å². The normalized spacial score (nSPS) is 11.3. The third-order valence-corrected chi connectivity index (χ3v) is 11.1. The van der Waals surface area contributed by atoms with Crippen LogP contribution in [0.2, 0.25) is 0 Å². The van der Waals surface area contributed by atoms with Gasteiger partial charge in [-0.25, -0.2) is 15.0 Å². The monoisotopic (exact) mass is 781 g/mol. The summed E-state index contributed by atoms with van der Waals surface area (Å²) in [7, 11) is 0. The summed E-state index contributed by atoms with van der Waals surface area (Å²) in [5.74, 6) is 1.76. The Hall–Kier alpha value is -8.35. The molecule has 286 valence electrons. The van der Waals surface area contributed by atoms with Crippen molar-refractivity contribution in [3.05, 3.63) is 213 Å². The molecule has 6 nitrogen and oxygen atoms in total.